The van der Waals surface area contributed by atoms with E-state index in [0.29, 0.717) is 44.5 Å². The quantitative estimate of drug-likeness (QED) is 0.239. The van der Waals surface area contributed by atoms with Crippen LogP contribution >= 0.6 is 0 Å². The SMILES string of the molecule is CCCN1CCN(c2ccc(C(=O)N3CC4(CCN(C(=O)c5ccc(F)c(-c6c(F)cccc6F)n5)CC4)CC3C(=O)OCC)cc2)CC1.O=CO.O=CO. The molecule has 0 saturated carbocycles. The lowest BCUT2D eigenvalue weighted by Gasteiger charge is -2.39. The zero-order valence-corrected chi connectivity index (χ0v) is 30.8. The van der Waals surface area contributed by atoms with Gasteiger partial charge < -0.3 is 29.6 Å². The number of rotatable bonds is 8. The van der Waals surface area contributed by atoms with Crippen LogP contribution in [0, 0.1) is 22.9 Å². The molecule has 2 amide bonds. The molecule has 1 atom stereocenters. The monoisotopic (exact) mass is 769 g/mol. The van der Waals surface area contributed by atoms with E-state index in [1.807, 2.05) is 24.3 Å². The van der Waals surface area contributed by atoms with Crippen molar-refractivity contribution in [1.29, 1.82) is 0 Å². The highest BCUT2D eigenvalue weighted by atomic mass is 19.1. The van der Waals surface area contributed by atoms with Crippen molar-refractivity contribution in [1.82, 2.24) is 19.7 Å². The Morgan fingerprint density at radius 3 is 2.00 bits per heavy atom. The van der Waals surface area contributed by atoms with Crippen LogP contribution in [0.25, 0.3) is 11.3 Å². The fourth-order valence-electron chi connectivity index (χ4n) is 7.41. The molecule has 3 aliphatic rings. The summed E-state index contributed by atoms with van der Waals surface area (Å²) in [5.74, 6) is -4.09. The summed E-state index contributed by atoms with van der Waals surface area (Å²) in [5.41, 5.74) is -0.190. The van der Waals surface area contributed by atoms with Gasteiger partial charge in [-0.1, -0.05) is 13.0 Å². The maximum atomic E-state index is 14.6. The number of ether oxygens (including phenoxy) is 1. The van der Waals surface area contributed by atoms with E-state index in [9.17, 15) is 27.6 Å². The number of likely N-dealkylation sites (tertiary alicyclic amines) is 2. The topological polar surface area (TPSA) is 161 Å². The molecule has 3 fully saturated rings. The van der Waals surface area contributed by atoms with Gasteiger partial charge in [0.15, 0.2) is 0 Å². The van der Waals surface area contributed by atoms with Gasteiger partial charge in [-0.2, -0.15) is 0 Å². The number of anilines is 1. The minimum Gasteiger partial charge on any atom is -0.483 e. The first-order valence-corrected chi connectivity index (χ1v) is 18.1. The number of amides is 2. The Bertz CT molecular complexity index is 1770. The number of benzene rings is 2. The van der Waals surface area contributed by atoms with Gasteiger partial charge >= 0.3 is 5.97 Å². The Kier molecular flexibility index (Phi) is 15.1. The Balaban J connectivity index is 0.00000105. The molecule has 1 spiro atoms. The number of aromatic nitrogens is 1. The molecule has 1 aromatic heterocycles. The van der Waals surface area contributed by atoms with Crippen LogP contribution < -0.4 is 4.90 Å². The Labute approximate surface area is 317 Å². The van der Waals surface area contributed by atoms with Gasteiger partial charge in [0.05, 0.1) is 12.2 Å². The van der Waals surface area contributed by atoms with E-state index in [2.05, 4.69) is 21.7 Å². The van der Waals surface area contributed by atoms with Crippen molar-refractivity contribution < 1.29 is 52.1 Å². The summed E-state index contributed by atoms with van der Waals surface area (Å²) in [6.07, 6.45) is 2.56. The molecule has 13 nitrogen and oxygen atoms in total. The van der Waals surface area contributed by atoms with Crippen molar-refractivity contribution in [2.45, 2.75) is 45.6 Å². The highest BCUT2D eigenvalue weighted by molar-refractivity contribution is 5.97. The number of hydrogen-bond donors (Lipinski definition) is 2. The van der Waals surface area contributed by atoms with Crippen LogP contribution in [0.15, 0.2) is 54.6 Å². The van der Waals surface area contributed by atoms with E-state index in [0.717, 1.165) is 63.0 Å². The minimum absolute atomic E-state index is 0.131. The third kappa shape index (κ3) is 10.2. The molecule has 3 aromatic rings. The molecule has 2 N–H and O–H groups in total. The van der Waals surface area contributed by atoms with E-state index in [-0.39, 0.29) is 31.2 Å². The maximum absolute atomic E-state index is 14.6. The number of carbonyl (C=O) groups is 5. The van der Waals surface area contributed by atoms with Crippen molar-refractivity contribution in [3.05, 3.63) is 83.3 Å². The number of carboxylic acid groups (broad SMARTS) is 2. The standard InChI is InChI=1S/C37H42F3N5O4.2CH2O2/c1-3-16-42-19-21-43(22-20-42)26-10-8-25(9-11-26)34(46)45-24-37(23-31(45)36(48)49-4-2)14-17-44(18-15-37)35(47)30-13-12-29(40)33(41-30)32-27(38)6-5-7-28(32)39;2*2-1-3/h5-13,31H,3-4,14-24H2,1-2H3;2*1H,(H,2,3). The smallest absolute Gasteiger partial charge is 0.328 e. The maximum Gasteiger partial charge on any atom is 0.328 e. The summed E-state index contributed by atoms with van der Waals surface area (Å²) in [7, 11) is 0. The molecule has 1 unspecified atom stereocenters. The second kappa shape index (κ2) is 19.7. The van der Waals surface area contributed by atoms with E-state index in [1.165, 1.54) is 12.1 Å². The molecule has 55 heavy (non-hydrogen) atoms. The fourth-order valence-corrected chi connectivity index (χ4v) is 7.41. The molecule has 2 aromatic carbocycles. The molecule has 4 heterocycles. The van der Waals surface area contributed by atoms with E-state index >= 15 is 0 Å². The number of carbonyl (C=O) groups excluding carboxylic acids is 3. The summed E-state index contributed by atoms with van der Waals surface area (Å²) in [4.78, 5) is 69.3. The Hall–Kier alpha value is -5.51. The van der Waals surface area contributed by atoms with Crippen molar-refractivity contribution in [2.24, 2.45) is 5.41 Å². The molecule has 296 valence electrons. The first-order chi connectivity index (χ1) is 26.5. The second-order valence-corrected chi connectivity index (χ2v) is 13.4. The number of hydrogen-bond acceptors (Lipinski definition) is 9. The normalized spacial score (nSPS) is 17.7. The zero-order chi connectivity index (χ0) is 40.1. The summed E-state index contributed by atoms with van der Waals surface area (Å²) in [6, 6.07) is 12.2. The van der Waals surface area contributed by atoms with Gasteiger partial charge in [0.2, 0.25) is 0 Å². The molecule has 0 radical (unpaired) electrons. The van der Waals surface area contributed by atoms with Crippen LogP contribution in [0.3, 0.4) is 0 Å². The third-order valence-electron chi connectivity index (χ3n) is 10.1. The zero-order valence-electron chi connectivity index (χ0n) is 30.8. The molecule has 0 aliphatic carbocycles. The van der Waals surface area contributed by atoms with Gasteiger partial charge in [-0.25, -0.2) is 22.9 Å². The lowest BCUT2D eigenvalue weighted by Crippen LogP contribution is -2.46. The first kappa shape index (κ1) is 42.2. The molecular formula is C39H46F3N5O8. The lowest BCUT2D eigenvalue weighted by molar-refractivity contribution is -0.147. The largest absolute Gasteiger partial charge is 0.483 e. The van der Waals surface area contributed by atoms with Crippen molar-refractivity contribution in [2.75, 3.05) is 63.9 Å². The van der Waals surface area contributed by atoms with Gasteiger partial charge in [-0.3, -0.25) is 24.1 Å². The first-order valence-electron chi connectivity index (χ1n) is 18.1. The predicted molar refractivity (Wildman–Crippen MR) is 196 cm³/mol. The number of piperazine rings is 1. The molecule has 16 heteroatoms. The van der Waals surface area contributed by atoms with Crippen LogP contribution in [0.4, 0.5) is 18.9 Å². The average Bonchev–Trinajstić information content (AvgIpc) is 3.55. The third-order valence-corrected chi connectivity index (χ3v) is 10.1. The summed E-state index contributed by atoms with van der Waals surface area (Å²) in [6.45, 7) is 9.51. The lowest BCUT2D eigenvalue weighted by atomic mass is 9.76. The number of esters is 1. The predicted octanol–water partition coefficient (Wildman–Crippen LogP) is 4.80. The highest BCUT2D eigenvalue weighted by Crippen LogP contribution is 2.44. The minimum atomic E-state index is -0.982. The van der Waals surface area contributed by atoms with Gasteiger partial charge in [-0.15, -0.1) is 0 Å². The molecule has 3 saturated heterocycles. The highest BCUT2D eigenvalue weighted by Gasteiger charge is 2.51. The van der Waals surface area contributed by atoms with Crippen LogP contribution in [0.5, 0.6) is 0 Å². The second-order valence-electron chi connectivity index (χ2n) is 13.4. The molecule has 6 rings (SSSR count). The van der Waals surface area contributed by atoms with Crippen LogP contribution in [-0.2, 0) is 19.1 Å². The molecular weight excluding hydrogens is 723 g/mol. The number of pyridine rings is 1. The van der Waals surface area contributed by atoms with Crippen molar-refractivity contribution >= 4 is 36.4 Å². The van der Waals surface area contributed by atoms with Crippen molar-refractivity contribution in [3.63, 3.8) is 0 Å². The van der Waals surface area contributed by atoms with Gasteiger partial charge in [0, 0.05) is 57.1 Å². The molecule has 3 aliphatic heterocycles. The van der Waals surface area contributed by atoms with Crippen LogP contribution in [0.2, 0.25) is 0 Å². The van der Waals surface area contributed by atoms with Gasteiger partial charge in [0.25, 0.3) is 24.8 Å². The number of piperidine rings is 1. The summed E-state index contributed by atoms with van der Waals surface area (Å²) in [5, 5.41) is 13.8. The van der Waals surface area contributed by atoms with E-state index < -0.39 is 52.0 Å². The number of halogens is 3. The van der Waals surface area contributed by atoms with Gasteiger partial charge in [0.1, 0.15) is 34.9 Å². The fraction of sp³-hybridized carbons (Fsp3) is 0.436. The van der Waals surface area contributed by atoms with Crippen LogP contribution in [0.1, 0.15) is 60.4 Å². The Morgan fingerprint density at radius 2 is 1.44 bits per heavy atom. The van der Waals surface area contributed by atoms with Crippen LogP contribution in [-0.4, -0.2) is 126 Å². The van der Waals surface area contributed by atoms with E-state index in [1.54, 1.807) is 16.7 Å². The van der Waals surface area contributed by atoms with Gasteiger partial charge in [-0.05, 0) is 93.1 Å². The number of nitrogens with zero attached hydrogens (tertiary/aromatic N) is 5. The summed E-state index contributed by atoms with van der Waals surface area (Å²) >= 11 is 0. The molecule has 0 bridgehead atoms. The average molecular weight is 770 g/mol. The van der Waals surface area contributed by atoms with E-state index in [4.69, 9.17) is 24.5 Å². The Morgan fingerprint density at radius 1 is 0.836 bits per heavy atom. The van der Waals surface area contributed by atoms with Crippen molar-refractivity contribution in [3.8, 4) is 11.3 Å². The summed E-state index contributed by atoms with van der Waals surface area (Å²) < 4.78 is 48.9.